The molecule has 0 aliphatic carbocycles. The van der Waals surface area contributed by atoms with Crippen molar-refractivity contribution in [2.24, 2.45) is 0 Å². The van der Waals surface area contributed by atoms with Gasteiger partial charge in [0.05, 0.1) is 12.8 Å². The van der Waals surface area contributed by atoms with E-state index in [-0.39, 0.29) is 18.3 Å². The number of ether oxygens (including phenoxy) is 1. The quantitative estimate of drug-likeness (QED) is 0.633. The summed E-state index contributed by atoms with van der Waals surface area (Å²) >= 11 is 0. The zero-order valence-electron chi connectivity index (χ0n) is 12.1. The zero-order valence-corrected chi connectivity index (χ0v) is 12.9. The minimum atomic E-state index is -0.257. The first-order chi connectivity index (χ1) is 10.2. The van der Waals surface area contributed by atoms with E-state index in [9.17, 15) is 4.79 Å². The molecule has 0 saturated heterocycles. The Morgan fingerprint density at radius 3 is 2.45 bits per heavy atom. The molecule has 0 aliphatic heterocycles. The van der Waals surface area contributed by atoms with Gasteiger partial charge >= 0.3 is 5.08 Å². The van der Waals surface area contributed by atoms with Gasteiger partial charge in [-0.25, -0.2) is 0 Å². The van der Waals surface area contributed by atoms with Crippen LogP contribution in [0.3, 0.4) is 0 Å². The van der Waals surface area contributed by atoms with Gasteiger partial charge in [0.2, 0.25) is 0 Å². The van der Waals surface area contributed by atoms with Crippen LogP contribution in [0.25, 0.3) is 5.08 Å². The Kier molecular flexibility index (Phi) is 6.17. The van der Waals surface area contributed by atoms with Crippen molar-refractivity contribution in [1.82, 2.24) is 0 Å². The van der Waals surface area contributed by atoms with Gasteiger partial charge in [0.1, 0.15) is 11.4 Å². The SMILES string of the molecule is COc1ccc(N[N+]#N)c(NC(=O)c2ccccc2)c1C.[Cl-]. The fourth-order valence-electron chi connectivity index (χ4n) is 2.00. The van der Waals surface area contributed by atoms with Crippen LogP contribution in [0.2, 0.25) is 0 Å². The summed E-state index contributed by atoms with van der Waals surface area (Å²) in [4.78, 5) is 12.2. The molecule has 0 heterocycles. The summed E-state index contributed by atoms with van der Waals surface area (Å²) in [5, 5.41) is 14.4. The van der Waals surface area contributed by atoms with Crippen molar-refractivity contribution in [3.63, 3.8) is 0 Å². The Bertz CT molecular complexity index is 699. The molecule has 0 aliphatic rings. The molecule has 2 aromatic rings. The highest BCUT2D eigenvalue weighted by Crippen LogP contribution is 2.33. The van der Waals surface area contributed by atoms with Gasteiger partial charge in [-0.3, -0.25) is 4.79 Å². The molecule has 1 amide bonds. The summed E-state index contributed by atoms with van der Waals surface area (Å²) in [5.74, 6) is 0.370. The van der Waals surface area contributed by atoms with Gasteiger partial charge in [-0.1, -0.05) is 18.2 Å². The molecule has 0 radical (unpaired) electrons. The molecule has 0 aromatic heterocycles. The molecule has 0 bridgehead atoms. The van der Waals surface area contributed by atoms with Crippen LogP contribution < -0.4 is 27.9 Å². The maximum atomic E-state index is 12.2. The third kappa shape index (κ3) is 3.65. The van der Waals surface area contributed by atoms with E-state index in [0.717, 1.165) is 5.56 Å². The second kappa shape index (κ2) is 7.86. The van der Waals surface area contributed by atoms with Crippen LogP contribution in [0.5, 0.6) is 5.75 Å². The summed E-state index contributed by atoms with van der Waals surface area (Å²) in [5.41, 5.74) is 4.67. The average Bonchev–Trinajstić information content (AvgIpc) is 2.52. The van der Waals surface area contributed by atoms with Crippen molar-refractivity contribution in [2.75, 3.05) is 17.9 Å². The first-order valence-electron chi connectivity index (χ1n) is 6.31. The lowest BCUT2D eigenvalue weighted by Crippen LogP contribution is -3.00. The number of methoxy groups -OCH3 is 1. The fourth-order valence-corrected chi connectivity index (χ4v) is 2.00. The number of rotatable bonds is 4. The standard InChI is InChI=1S/C15H14N4O2.ClH/c1-10-13(21-2)9-8-12(18-19-16)14(10)17-15(20)11-6-4-3-5-7-11;/h3-9,16H,1-2H3;1H. The Labute approximate surface area is 134 Å². The van der Waals surface area contributed by atoms with E-state index in [1.165, 1.54) is 0 Å². The van der Waals surface area contributed by atoms with Crippen molar-refractivity contribution in [3.05, 3.63) is 58.7 Å². The highest BCUT2D eigenvalue weighted by molar-refractivity contribution is 6.06. The molecule has 2 N–H and O–H groups in total. The van der Waals surface area contributed by atoms with Crippen LogP contribution in [0.4, 0.5) is 11.4 Å². The predicted molar refractivity (Wildman–Crippen MR) is 80.8 cm³/mol. The third-order valence-corrected chi connectivity index (χ3v) is 3.08. The monoisotopic (exact) mass is 318 g/mol. The Morgan fingerprint density at radius 1 is 1.18 bits per heavy atom. The maximum Gasteiger partial charge on any atom is 0.308 e. The van der Waals surface area contributed by atoms with Gasteiger partial charge in [-0.05, 0) is 36.6 Å². The van der Waals surface area contributed by atoms with E-state index >= 15 is 0 Å². The molecule has 0 atom stereocenters. The van der Waals surface area contributed by atoms with Gasteiger partial charge in [-0.2, -0.15) is 0 Å². The molecule has 0 spiro atoms. The largest absolute Gasteiger partial charge is 1.00 e. The highest BCUT2D eigenvalue weighted by atomic mass is 35.5. The van der Waals surface area contributed by atoms with Gasteiger partial charge in [0.15, 0.2) is 0 Å². The van der Waals surface area contributed by atoms with Crippen LogP contribution in [-0.4, -0.2) is 13.0 Å². The van der Waals surface area contributed by atoms with Crippen LogP contribution in [0.1, 0.15) is 15.9 Å². The molecule has 114 valence electrons. The van der Waals surface area contributed by atoms with E-state index in [2.05, 4.69) is 15.8 Å². The van der Waals surface area contributed by atoms with Crippen molar-refractivity contribution >= 4 is 17.3 Å². The van der Waals surface area contributed by atoms with Gasteiger partial charge in [0.25, 0.3) is 11.3 Å². The van der Waals surface area contributed by atoms with Crippen molar-refractivity contribution in [2.45, 2.75) is 6.92 Å². The molecule has 6 nitrogen and oxygen atoms in total. The molecular weight excluding hydrogens is 304 g/mol. The molecular formula is C15H15ClN4O2. The number of halogens is 1. The Hall–Kier alpha value is -2.78. The van der Waals surface area contributed by atoms with Crippen LogP contribution >= 0.6 is 0 Å². The highest BCUT2D eigenvalue weighted by Gasteiger charge is 2.16. The first-order valence-corrected chi connectivity index (χ1v) is 6.31. The molecule has 2 rings (SSSR count). The molecule has 0 saturated carbocycles. The second-order valence-corrected chi connectivity index (χ2v) is 4.35. The summed E-state index contributed by atoms with van der Waals surface area (Å²) < 4.78 is 5.23. The number of carbonyl (C=O) groups is 1. The Balaban J connectivity index is 0.00000242. The average molecular weight is 319 g/mol. The third-order valence-electron chi connectivity index (χ3n) is 3.08. The van der Waals surface area contributed by atoms with Crippen molar-refractivity contribution in [3.8, 4) is 5.75 Å². The number of amides is 1. The first kappa shape index (κ1) is 17.3. The molecule has 22 heavy (non-hydrogen) atoms. The number of nitrogens with one attached hydrogen (secondary N) is 2. The molecule has 2 aromatic carbocycles. The minimum Gasteiger partial charge on any atom is -1.00 e. The molecule has 7 heteroatoms. The Morgan fingerprint density at radius 2 is 1.86 bits per heavy atom. The molecule has 0 unspecified atom stereocenters. The lowest BCUT2D eigenvalue weighted by Gasteiger charge is -2.13. The van der Waals surface area contributed by atoms with Crippen molar-refractivity contribution in [1.29, 1.82) is 5.39 Å². The lowest BCUT2D eigenvalue weighted by atomic mass is 10.1. The predicted octanol–water partition coefficient (Wildman–Crippen LogP) is 0.440. The van der Waals surface area contributed by atoms with Crippen LogP contribution in [0, 0.1) is 12.3 Å². The van der Waals surface area contributed by atoms with E-state index in [1.54, 1.807) is 43.5 Å². The summed E-state index contributed by atoms with van der Waals surface area (Å²) in [6, 6.07) is 12.2. The maximum absolute atomic E-state index is 12.2. The van der Waals surface area contributed by atoms with Gasteiger partial charge < -0.3 is 22.5 Å². The zero-order chi connectivity index (χ0) is 15.2. The number of diazo groups is 1. The smallest absolute Gasteiger partial charge is 0.308 e. The summed E-state index contributed by atoms with van der Waals surface area (Å²) in [6.45, 7) is 1.81. The van der Waals surface area contributed by atoms with E-state index in [0.29, 0.717) is 22.7 Å². The number of hydrogen-bond donors (Lipinski definition) is 2. The van der Waals surface area contributed by atoms with Crippen LogP contribution in [-0.2, 0) is 0 Å². The normalized spacial score (nSPS) is 9.14. The number of anilines is 2. The lowest BCUT2D eigenvalue weighted by molar-refractivity contribution is -0.0000124. The minimum absolute atomic E-state index is 0. The summed E-state index contributed by atoms with van der Waals surface area (Å²) in [6.07, 6.45) is 0. The van der Waals surface area contributed by atoms with Crippen LogP contribution in [0.15, 0.2) is 42.5 Å². The van der Waals surface area contributed by atoms with E-state index < -0.39 is 0 Å². The number of nitrogens with zero attached hydrogens (tertiary/aromatic N) is 2. The number of hydrogen-bond acceptors (Lipinski definition) is 4. The summed E-state index contributed by atoms with van der Waals surface area (Å²) in [7, 11) is 1.55. The van der Waals surface area contributed by atoms with Gasteiger partial charge in [-0.15, -0.1) is 0 Å². The number of benzene rings is 2. The topological polar surface area (TPSA) is 78.5 Å². The van der Waals surface area contributed by atoms with Crippen molar-refractivity contribution < 1.29 is 21.9 Å². The molecule has 0 fully saturated rings. The van der Waals surface area contributed by atoms with E-state index in [4.69, 9.17) is 10.1 Å². The van der Waals surface area contributed by atoms with Gasteiger partial charge in [0, 0.05) is 11.1 Å². The number of carbonyl (C=O) groups excluding carboxylic acids is 1. The fraction of sp³-hybridized carbons (Fsp3) is 0.133. The second-order valence-electron chi connectivity index (χ2n) is 4.35. The van der Waals surface area contributed by atoms with E-state index in [1.807, 2.05) is 13.0 Å².